The SMILES string of the molecule is O=C1C2CCCN=C2CC2c3cc(F)ccc3CCN12. The minimum absolute atomic E-state index is 0.00453. The molecule has 0 aliphatic carbocycles. The second kappa shape index (κ2) is 4.40. The van der Waals surface area contributed by atoms with Gasteiger partial charge in [0.25, 0.3) is 0 Å². The Morgan fingerprint density at radius 3 is 3.15 bits per heavy atom. The van der Waals surface area contributed by atoms with Gasteiger partial charge in [0.15, 0.2) is 0 Å². The van der Waals surface area contributed by atoms with Crippen molar-refractivity contribution < 1.29 is 9.18 Å². The van der Waals surface area contributed by atoms with E-state index in [1.807, 2.05) is 11.0 Å². The van der Waals surface area contributed by atoms with Crippen LogP contribution < -0.4 is 0 Å². The zero-order valence-electron chi connectivity index (χ0n) is 11.3. The van der Waals surface area contributed by atoms with Crippen molar-refractivity contribution in [3.05, 3.63) is 35.1 Å². The first-order chi connectivity index (χ1) is 9.74. The van der Waals surface area contributed by atoms with Crippen LogP contribution in [0.3, 0.4) is 0 Å². The number of nitrogens with zero attached hydrogens (tertiary/aromatic N) is 2. The van der Waals surface area contributed by atoms with Gasteiger partial charge in [0.1, 0.15) is 5.82 Å². The predicted molar refractivity (Wildman–Crippen MR) is 74.2 cm³/mol. The third-order valence-electron chi connectivity index (χ3n) is 4.82. The monoisotopic (exact) mass is 272 g/mol. The van der Waals surface area contributed by atoms with Crippen LogP contribution in [-0.2, 0) is 11.2 Å². The lowest BCUT2D eigenvalue weighted by molar-refractivity contribution is -0.138. The lowest BCUT2D eigenvalue weighted by Crippen LogP contribution is -2.51. The number of hydrogen-bond donors (Lipinski definition) is 0. The molecule has 1 saturated heterocycles. The molecule has 3 aliphatic rings. The number of carbonyl (C=O) groups excluding carboxylic acids is 1. The molecule has 0 bridgehead atoms. The summed E-state index contributed by atoms with van der Waals surface area (Å²) < 4.78 is 13.5. The van der Waals surface area contributed by atoms with Gasteiger partial charge in [-0.15, -0.1) is 0 Å². The predicted octanol–water partition coefficient (Wildman–Crippen LogP) is 2.51. The van der Waals surface area contributed by atoms with Gasteiger partial charge in [-0.1, -0.05) is 6.07 Å². The Kier molecular flexibility index (Phi) is 2.65. The Labute approximate surface area is 117 Å². The van der Waals surface area contributed by atoms with Crippen LogP contribution in [0, 0.1) is 11.7 Å². The number of amides is 1. The fourth-order valence-corrected chi connectivity index (χ4v) is 3.82. The van der Waals surface area contributed by atoms with Gasteiger partial charge in [-0.2, -0.15) is 0 Å². The van der Waals surface area contributed by atoms with E-state index >= 15 is 0 Å². The molecule has 20 heavy (non-hydrogen) atoms. The van der Waals surface area contributed by atoms with E-state index in [0.717, 1.165) is 50.0 Å². The van der Waals surface area contributed by atoms with Gasteiger partial charge >= 0.3 is 0 Å². The summed E-state index contributed by atoms with van der Waals surface area (Å²) in [7, 11) is 0. The van der Waals surface area contributed by atoms with Crippen LogP contribution in [0.15, 0.2) is 23.2 Å². The molecule has 3 nitrogen and oxygen atoms in total. The van der Waals surface area contributed by atoms with Crippen molar-refractivity contribution in [1.82, 2.24) is 4.90 Å². The molecule has 1 fully saturated rings. The topological polar surface area (TPSA) is 32.7 Å². The summed E-state index contributed by atoms with van der Waals surface area (Å²) in [6.07, 6.45) is 3.55. The molecule has 0 aromatic heterocycles. The first-order valence-corrected chi connectivity index (χ1v) is 7.36. The fraction of sp³-hybridized carbons (Fsp3) is 0.500. The standard InChI is InChI=1S/C16H17FN2O/c17-11-4-3-10-5-7-19-15(13(10)8-11)9-14-12(16(19)20)2-1-6-18-14/h3-4,8,12,15H,1-2,5-7,9H2. The molecular formula is C16H17FN2O. The van der Waals surface area contributed by atoms with Crippen molar-refractivity contribution in [1.29, 1.82) is 0 Å². The molecular weight excluding hydrogens is 255 g/mol. The Hall–Kier alpha value is -1.71. The summed E-state index contributed by atoms with van der Waals surface area (Å²) in [5.74, 6) is -0.0181. The van der Waals surface area contributed by atoms with Crippen LogP contribution in [0.25, 0.3) is 0 Å². The second-order valence-corrected chi connectivity index (χ2v) is 5.91. The highest BCUT2D eigenvalue weighted by atomic mass is 19.1. The van der Waals surface area contributed by atoms with E-state index in [1.54, 1.807) is 6.07 Å². The molecule has 0 saturated carbocycles. The first kappa shape index (κ1) is 12.1. The fourth-order valence-electron chi connectivity index (χ4n) is 3.82. The van der Waals surface area contributed by atoms with Gasteiger partial charge in [0.05, 0.1) is 12.0 Å². The lowest BCUT2D eigenvalue weighted by Gasteiger charge is -2.44. The van der Waals surface area contributed by atoms with Crippen molar-refractivity contribution in [2.75, 3.05) is 13.1 Å². The van der Waals surface area contributed by atoms with Crippen LogP contribution in [0.2, 0.25) is 0 Å². The summed E-state index contributed by atoms with van der Waals surface area (Å²) in [4.78, 5) is 19.2. The first-order valence-electron chi connectivity index (χ1n) is 7.36. The highest BCUT2D eigenvalue weighted by Gasteiger charge is 2.42. The Balaban J connectivity index is 1.77. The van der Waals surface area contributed by atoms with E-state index in [9.17, 15) is 9.18 Å². The van der Waals surface area contributed by atoms with E-state index in [-0.39, 0.29) is 23.7 Å². The zero-order chi connectivity index (χ0) is 13.7. The van der Waals surface area contributed by atoms with E-state index < -0.39 is 0 Å². The number of aliphatic imine (C=N–C) groups is 1. The zero-order valence-corrected chi connectivity index (χ0v) is 11.3. The summed E-state index contributed by atoms with van der Waals surface area (Å²) in [5, 5.41) is 0. The molecule has 3 heterocycles. The van der Waals surface area contributed by atoms with Crippen LogP contribution in [-0.4, -0.2) is 29.6 Å². The molecule has 2 unspecified atom stereocenters. The van der Waals surface area contributed by atoms with Crippen LogP contribution in [0.4, 0.5) is 4.39 Å². The molecule has 0 spiro atoms. The smallest absolute Gasteiger partial charge is 0.231 e. The Bertz CT molecular complexity index is 610. The Morgan fingerprint density at radius 2 is 2.25 bits per heavy atom. The van der Waals surface area contributed by atoms with Crippen molar-refractivity contribution in [2.45, 2.75) is 31.7 Å². The largest absolute Gasteiger partial charge is 0.334 e. The van der Waals surface area contributed by atoms with Crippen molar-refractivity contribution in [3.8, 4) is 0 Å². The molecule has 3 aliphatic heterocycles. The van der Waals surface area contributed by atoms with Gasteiger partial charge in [0, 0.05) is 25.2 Å². The van der Waals surface area contributed by atoms with Gasteiger partial charge in [-0.25, -0.2) is 4.39 Å². The number of rotatable bonds is 0. The number of benzene rings is 1. The molecule has 4 rings (SSSR count). The molecule has 1 amide bonds. The van der Waals surface area contributed by atoms with Gasteiger partial charge in [-0.3, -0.25) is 9.79 Å². The lowest BCUT2D eigenvalue weighted by atomic mass is 9.79. The highest BCUT2D eigenvalue weighted by molar-refractivity contribution is 6.07. The van der Waals surface area contributed by atoms with Crippen molar-refractivity contribution in [2.24, 2.45) is 10.9 Å². The summed E-state index contributed by atoms with van der Waals surface area (Å²) in [6, 6.07) is 4.97. The maximum absolute atomic E-state index is 13.5. The van der Waals surface area contributed by atoms with Crippen LogP contribution >= 0.6 is 0 Å². The minimum Gasteiger partial charge on any atom is -0.334 e. The summed E-state index contributed by atoms with van der Waals surface area (Å²) in [6.45, 7) is 1.59. The molecule has 0 radical (unpaired) electrons. The molecule has 4 heteroatoms. The number of fused-ring (bicyclic) bond motifs is 4. The molecule has 104 valence electrons. The number of piperidine rings is 1. The van der Waals surface area contributed by atoms with Crippen LogP contribution in [0.5, 0.6) is 0 Å². The highest BCUT2D eigenvalue weighted by Crippen LogP contribution is 2.40. The van der Waals surface area contributed by atoms with E-state index in [2.05, 4.69) is 4.99 Å². The molecule has 1 aromatic carbocycles. The minimum atomic E-state index is -0.217. The quantitative estimate of drug-likeness (QED) is 0.714. The van der Waals surface area contributed by atoms with Crippen LogP contribution in [0.1, 0.15) is 36.4 Å². The number of halogens is 1. The van der Waals surface area contributed by atoms with Gasteiger partial charge < -0.3 is 4.90 Å². The molecule has 2 atom stereocenters. The summed E-state index contributed by atoms with van der Waals surface area (Å²) >= 11 is 0. The molecule has 0 N–H and O–H groups in total. The Morgan fingerprint density at radius 1 is 1.35 bits per heavy atom. The normalized spacial score (nSPS) is 28.4. The summed E-state index contributed by atoms with van der Waals surface area (Å²) in [5.41, 5.74) is 3.20. The van der Waals surface area contributed by atoms with E-state index in [0.29, 0.717) is 0 Å². The third kappa shape index (κ3) is 1.70. The van der Waals surface area contributed by atoms with E-state index in [1.165, 1.54) is 11.6 Å². The third-order valence-corrected chi connectivity index (χ3v) is 4.82. The maximum Gasteiger partial charge on any atom is 0.231 e. The molecule has 1 aromatic rings. The maximum atomic E-state index is 13.5. The van der Waals surface area contributed by atoms with Gasteiger partial charge in [0.2, 0.25) is 5.91 Å². The number of hydrogen-bond acceptors (Lipinski definition) is 2. The van der Waals surface area contributed by atoms with E-state index in [4.69, 9.17) is 0 Å². The van der Waals surface area contributed by atoms with Gasteiger partial charge in [-0.05, 0) is 42.5 Å². The van der Waals surface area contributed by atoms with Crippen molar-refractivity contribution >= 4 is 11.6 Å². The average Bonchev–Trinajstić information content (AvgIpc) is 2.47. The number of carbonyl (C=O) groups is 1. The van der Waals surface area contributed by atoms with Crippen molar-refractivity contribution in [3.63, 3.8) is 0 Å². The average molecular weight is 272 g/mol. The second-order valence-electron chi connectivity index (χ2n) is 5.91.